The van der Waals surface area contributed by atoms with Gasteiger partial charge in [-0.3, -0.25) is 14.4 Å². The summed E-state index contributed by atoms with van der Waals surface area (Å²) in [4.78, 5) is 42.2. The highest BCUT2D eigenvalue weighted by Gasteiger charge is 2.46. The lowest BCUT2D eigenvalue weighted by Gasteiger charge is -2.38. The molecular formula is C59H95NO10. The fourth-order valence-electron chi connectivity index (χ4n) is 9.25. The highest BCUT2D eigenvalue weighted by atomic mass is 16.6. The third-order valence-corrected chi connectivity index (χ3v) is 13.5. The number of carbonyl (C=O) groups is 3. The van der Waals surface area contributed by atoms with Crippen molar-refractivity contribution in [2.75, 3.05) is 66.1 Å². The smallest absolute Gasteiger partial charge is 0.312 e. The average Bonchev–Trinajstić information content (AvgIpc) is 3.37. The molecule has 2 aromatic rings. The quantitative estimate of drug-likeness (QED) is 0.0356. The molecule has 11 heteroatoms. The first kappa shape index (κ1) is 62.3. The van der Waals surface area contributed by atoms with Crippen LogP contribution in [0.5, 0.6) is 0 Å². The van der Waals surface area contributed by atoms with Gasteiger partial charge < -0.3 is 33.2 Å². The lowest BCUT2D eigenvalue weighted by Crippen LogP contribution is -2.40. The van der Waals surface area contributed by atoms with Crippen LogP contribution in [0.3, 0.4) is 0 Å². The van der Waals surface area contributed by atoms with Gasteiger partial charge in [0.2, 0.25) is 0 Å². The number of carbonyl (C=O) groups excluding carboxylic acids is 3. The minimum absolute atomic E-state index is 0.0313. The van der Waals surface area contributed by atoms with Gasteiger partial charge in [-0.25, -0.2) is 0 Å². The first-order valence-electron chi connectivity index (χ1n) is 27.3. The van der Waals surface area contributed by atoms with E-state index in [9.17, 15) is 19.6 Å². The van der Waals surface area contributed by atoms with Gasteiger partial charge in [0.1, 0.15) is 13.2 Å². The summed E-state index contributed by atoms with van der Waals surface area (Å²) in [5.74, 6) is -2.70. The number of nitriles is 1. The predicted octanol–water partition coefficient (Wildman–Crippen LogP) is 13.6. The molecule has 0 saturated heterocycles. The van der Waals surface area contributed by atoms with Crippen LogP contribution >= 0.6 is 0 Å². The largest absolute Gasteiger partial charge is 0.465 e. The second-order valence-corrected chi connectivity index (χ2v) is 20.1. The Bertz CT molecular complexity index is 1670. The van der Waals surface area contributed by atoms with Gasteiger partial charge >= 0.3 is 17.9 Å². The van der Waals surface area contributed by atoms with Crippen molar-refractivity contribution in [3.05, 3.63) is 71.8 Å². The average molecular weight is 978 g/mol. The number of ether oxygens (including phenoxy) is 7. The highest BCUT2D eigenvalue weighted by Crippen LogP contribution is 2.46. The molecule has 0 fully saturated rings. The van der Waals surface area contributed by atoms with Crippen molar-refractivity contribution in [2.45, 2.75) is 183 Å². The van der Waals surface area contributed by atoms with Crippen molar-refractivity contribution in [3.63, 3.8) is 0 Å². The van der Waals surface area contributed by atoms with Crippen LogP contribution in [-0.4, -0.2) is 84.0 Å². The Morgan fingerprint density at radius 3 is 1.66 bits per heavy atom. The van der Waals surface area contributed by atoms with Crippen molar-refractivity contribution in [3.8, 4) is 6.07 Å². The first-order chi connectivity index (χ1) is 33.9. The number of rotatable bonds is 44. The third kappa shape index (κ3) is 27.7. The molecule has 2 aromatic carbocycles. The SMILES string of the molecule is CCCCCCCCCCCCOCCOCCOCCOCCOC(=O)C(C)CC(CC(C)(CC(C)(C#N)CC(CC)c1ccccc1)C(=O)OCc1ccccc1)C(=O)OCC(CC)CCCC. The topological polar surface area (TPSA) is 140 Å². The zero-order valence-electron chi connectivity index (χ0n) is 44.8. The van der Waals surface area contributed by atoms with E-state index >= 15 is 0 Å². The number of benzene rings is 2. The summed E-state index contributed by atoms with van der Waals surface area (Å²) in [5, 5.41) is 10.8. The lowest BCUT2D eigenvalue weighted by molar-refractivity contribution is -0.163. The summed E-state index contributed by atoms with van der Waals surface area (Å²) in [7, 11) is 0. The predicted molar refractivity (Wildman–Crippen MR) is 279 cm³/mol. The van der Waals surface area contributed by atoms with Gasteiger partial charge in [-0.05, 0) is 81.8 Å². The number of unbranched alkanes of at least 4 members (excludes halogenated alkanes) is 10. The minimum atomic E-state index is -1.28. The van der Waals surface area contributed by atoms with Crippen LogP contribution in [0.4, 0.5) is 0 Å². The number of esters is 3. The van der Waals surface area contributed by atoms with Gasteiger partial charge in [-0.15, -0.1) is 0 Å². The molecule has 396 valence electrons. The van der Waals surface area contributed by atoms with Crippen LogP contribution in [0.25, 0.3) is 0 Å². The van der Waals surface area contributed by atoms with E-state index in [0.717, 1.165) is 56.3 Å². The van der Waals surface area contributed by atoms with Crippen LogP contribution in [0.2, 0.25) is 0 Å². The summed E-state index contributed by atoms with van der Waals surface area (Å²) in [5.41, 5.74) is -0.276. The number of nitrogens with zero attached hydrogens (tertiary/aromatic N) is 1. The molecule has 6 unspecified atom stereocenters. The van der Waals surface area contributed by atoms with Gasteiger partial charge in [-0.2, -0.15) is 5.26 Å². The minimum Gasteiger partial charge on any atom is -0.465 e. The second kappa shape index (κ2) is 38.8. The fraction of sp³-hybridized carbons (Fsp3) is 0.729. The van der Waals surface area contributed by atoms with Crippen molar-refractivity contribution < 1.29 is 47.5 Å². The zero-order chi connectivity index (χ0) is 51.1. The molecule has 0 saturated carbocycles. The molecule has 0 N–H and O–H groups in total. The van der Waals surface area contributed by atoms with E-state index in [1.165, 1.54) is 57.8 Å². The molecule has 11 nitrogen and oxygen atoms in total. The Morgan fingerprint density at radius 1 is 0.586 bits per heavy atom. The van der Waals surface area contributed by atoms with Crippen LogP contribution < -0.4 is 0 Å². The molecule has 2 rings (SSSR count). The summed E-state index contributed by atoms with van der Waals surface area (Å²) < 4.78 is 40.3. The van der Waals surface area contributed by atoms with Gasteiger partial charge in [0.15, 0.2) is 0 Å². The van der Waals surface area contributed by atoms with Crippen molar-refractivity contribution in [2.24, 2.45) is 28.6 Å². The molecule has 0 aliphatic rings. The molecule has 0 aliphatic carbocycles. The standard InChI is InChI=1S/C59H95NO10/c1-8-12-14-15-16-17-18-19-20-27-33-64-34-35-65-36-37-66-38-39-67-40-41-68-55(61)49(5)42-54(56(62)69-45-50(10-3)28-13-9-2)44-59(7,57(63)70-46-51-29-23-21-24-30-51)47-58(6,48-60)43-52(11-4)53-31-25-22-26-32-53/h21-26,29-32,49-50,52,54H,8-20,27-28,33-47H2,1-7H3. The molecule has 0 radical (unpaired) electrons. The van der Waals surface area contributed by atoms with E-state index in [1.54, 1.807) is 13.8 Å². The van der Waals surface area contributed by atoms with Crippen molar-refractivity contribution in [1.82, 2.24) is 0 Å². The monoisotopic (exact) mass is 978 g/mol. The number of hydrogen-bond acceptors (Lipinski definition) is 11. The van der Waals surface area contributed by atoms with Gasteiger partial charge in [0.05, 0.1) is 81.6 Å². The van der Waals surface area contributed by atoms with Crippen LogP contribution in [0.1, 0.15) is 188 Å². The molecule has 0 amide bonds. The Hall–Kier alpha value is -3.82. The first-order valence-corrected chi connectivity index (χ1v) is 27.3. The zero-order valence-corrected chi connectivity index (χ0v) is 44.8. The van der Waals surface area contributed by atoms with E-state index in [1.807, 2.05) is 55.5 Å². The van der Waals surface area contributed by atoms with E-state index < -0.39 is 40.6 Å². The highest BCUT2D eigenvalue weighted by molar-refractivity contribution is 5.80. The maximum Gasteiger partial charge on any atom is 0.312 e. The van der Waals surface area contributed by atoms with Crippen LogP contribution in [0, 0.1) is 39.9 Å². The van der Waals surface area contributed by atoms with E-state index in [4.69, 9.17) is 33.2 Å². The molecule has 0 heterocycles. The molecule has 6 atom stereocenters. The van der Waals surface area contributed by atoms with E-state index in [-0.39, 0.29) is 57.5 Å². The van der Waals surface area contributed by atoms with Gasteiger partial charge in [-0.1, -0.05) is 172 Å². The Kier molecular flexibility index (Phi) is 34.5. The summed E-state index contributed by atoms with van der Waals surface area (Å²) in [6.07, 6.45) is 18.6. The number of hydrogen-bond donors (Lipinski definition) is 0. The Morgan fingerprint density at radius 2 is 1.11 bits per heavy atom. The Labute approximate surface area is 424 Å². The molecule has 0 bridgehead atoms. The normalized spacial score (nSPS) is 14.9. The fourth-order valence-corrected chi connectivity index (χ4v) is 9.25. The molecule has 0 aromatic heterocycles. The Balaban J connectivity index is 1.95. The summed E-state index contributed by atoms with van der Waals surface area (Å²) in [6, 6.07) is 22.1. The van der Waals surface area contributed by atoms with Gasteiger partial charge in [0, 0.05) is 6.61 Å². The lowest BCUT2D eigenvalue weighted by atomic mass is 9.65. The van der Waals surface area contributed by atoms with E-state index in [2.05, 4.69) is 45.9 Å². The molecule has 0 aliphatic heterocycles. The van der Waals surface area contributed by atoms with Crippen LogP contribution in [-0.2, 0) is 54.1 Å². The molecule has 70 heavy (non-hydrogen) atoms. The maximum absolute atomic E-state index is 14.5. The van der Waals surface area contributed by atoms with E-state index in [0.29, 0.717) is 46.1 Å². The van der Waals surface area contributed by atoms with Crippen LogP contribution in [0.15, 0.2) is 60.7 Å². The summed E-state index contributed by atoms with van der Waals surface area (Å²) in [6.45, 7) is 18.1. The van der Waals surface area contributed by atoms with Crippen molar-refractivity contribution in [1.29, 1.82) is 5.26 Å². The molecule has 0 spiro atoms. The molecular weight excluding hydrogens is 883 g/mol. The van der Waals surface area contributed by atoms with Crippen molar-refractivity contribution >= 4 is 17.9 Å². The summed E-state index contributed by atoms with van der Waals surface area (Å²) >= 11 is 0. The van der Waals surface area contributed by atoms with Gasteiger partial charge in [0.25, 0.3) is 0 Å². The second-order valence-electron chi connectivity index (χ2n) is 20.1. The third-order valence-electron chi connectivity index (χ3n) is 13.5. The maximum atomic E-state index is 14.5.